The van der Waals surface area contributed by atoms with Gasteiger partial charge in [0, 0.05) is 30.2 Å². The zero-order chi connectivity index (χ0) is 12.3. The highest BCUT2D eigenvalue weighted by molar-refractivity contribution is 6.30. The number of hydrogen-bond donors (Lipinski definition) is 0. The number of nitrogens with zero attached hydrogens (tertiary/aromatic N) is 3. The van der Waals surface area contributed by atoms with Gasteiger partial charge in [-0.15, -0.1) is 11.6 Å². The Labute approximate surface area is 111 Å². The lowest BCUT2D eigenvalue weighted by molar-refractivity contribution is 0.122. The topological polar surface area (TPSA) is 38.2 Å². The van der Waals surface area contributed by atoms with Crippen molar-refractivity contribution in [2.45, 2.75) is 13.3 Å². The minimum atomic E-state index is 0.514. The highest BCUT2D eigenvalue weighted by atomic mass is 35.5. The second-order valence-corrected chi connectivity index (χ2v) is 4.65. The van der Waals surface area contributed by atoms with Crippen LogP contribution in [-0.4, -0.2) is 42.2 Å². The van der Waals surface area contributed by atoms with Gasteiger partial charge in [0.05, 0.1) is 13.2 Å². The molecule has 2 heterocycles. The van der Waals surface area contributed by atoms with Crippen molar-refractivity contribution in [2.24, 2.45) is 0 Å². The zero-order valence-corrected chi connectivity index (χ0v) is 11.3. The quantitative estimate of drug-likeness (QED) is 0.625. The lowest BCUT2D eigenvalue weighted by Crippen LogP contribution is -2.37. The van der Waals surface area contributed by atoms with Crippen molar-refractivity contribution in [3.8, 4) is 0 Å². The molecule has 1 aromatic rings. The molecule has 17 heavy (non-hydrogen) atoms. The van der Waals surface area contributed by atoms with Crippen LogP contribution in [0.15, 0.2) is 0 Å². The number of anilines is 1. The van der Waals surface area contributed by atoms with Gasteiger partial charge in [-0.25, -0.2) is 9.97 Å². The summed E-state index contributed by atoms with van der Waals surface area (Å²) >= 11 is 11.9. The standard InChI is InChI=1S/C11H15Cl2N3O/c1-8-9(2-3-12)10(13)15-11(14-8)16-4-6-17-7-5-16/h2-7H2,1H3. The van der Waals surface area contributed by atoms with Gasteiger partial charge in [0.1, 0.15) is 5.15 Å². The Kier molecular flexibility index (Phi) is 4.42. The molecule has 94 valence electrons. The Morgan fingerprint density at radius 2 is 2.00 bits per heavy atom. The number of aryl methyl sites for hydroxylation is 1. The van der Waals surface area contributed by atoms with Crippen LogP contribution in [-0.2, 0) is 11.2 Å². The summed E-state index contributed by atoms with van der Waals surface area (Å²) in [5.41, 5.74) is 1.85. The van der Waals surface area contributed by atoms with Crippen LogP contribution in [0.25, 0.3) is 0 Å². The van der Waals surface area contributed by atoms with Crippen molar-refractivity contribution >= 4 is 29.2 Å². The highest BCUT2D eigenvalue weighted by Crippen LogP contribution is 2.21. The second kappa shape index (κ2) is 5.85. The van der Waals surface area contributed by atoms with E-state index in [1.54, 1.807) is 0 Å². The van der Waals surface area contributed by atoms with Gasteiger partial charge in [-0.3, -0.25) is 0 Å². The molecule has 0 spiro atoms. The van der Waals surface area contributed by atoms with Gasteiger partial charge >= 0.3 is 0 Å². The molecule has 2 rings (SSSR count). The SMILES string of the molecule is Cc1nc(N2CCOCC2)nc(Cl)c1CCCl. The van der Waals surface area contributed by atoms with Crippen LogP contribution < -0.4 is 4.90 Å². The lowest BCUT2D eigenvalue weighted by Gasteiger charge is -2.27. The fourth-order valence-electron chi connectivity index (χ4n) is 1.83. The van der Waals surface area contributed by atoms with Crippen molar-refractivity contribution in [3.63, 3.8) is 0 Å². The van der Waals surface area contributed by atoms with E-state index in [4.69, 9.17) is 27.9 Å². The Balaban J connectivity index is 2.24. The number of aromatic nitrogens is 2. The third-order valence-corrected chi connectivity index (χ3v) is 3.29. The van der Waals surface area contributed by atoms with E-state index >= 15 is 0 Å². The molecule has 0 aromatic carbocycles. The van der Waals surface area contributed by atoms with Gasteiger partial charge in [0.15, 0.2) is 0 Å². The Morgan fingerprint density at radius 1 is 1.29 bits per heavy atom. The van der Waals surface area contributed by atoms with Gasteiger partial charge in [-0.05, 0) is 13.3 Å². The smallest absolute Gasteiger partial charge is 0.227 e. The number of ether oxygens (including phenoxy) is 1. The number of halogens is 2. The monoisotopic (exact) mass is 275 g/mol. The molecule has 1 saturated heterocycles. The van der Waals surface area contributed by atoms with E-state index in [2.05, 4.69) is 14.9 Å². The van der Waals surface area contributed by atoms with Gasteiger partial charge in [0.2, 0.25) is 5.95 Å². The maximum atomic E-state index is 6.16. The van der Waals surface area contributed by atoms with Crippen molar-refractivity contribution in [2.75, 3.05) is 37.1 Å². The average Bonchev–Trinajstić information content (AvgIpc) is 2.35. The zero-order valence-electron chi connectivity index (χ0n) is 9.75. The van der Waals surface area contributed by atoms with E-state index in [9.17, 15) is 0 Å². The maximum absolute atomic E-state index is 6.16. The molecule has 0 unspecified atom stereocenters. The third-order valence-electron chi connectivity index (χ3n) is 2.79. The molecule has 0 N–H and O–H groups in total. The van der Waals surface area contributed by atoms with Gasteiger partial charge in [-0.2, -0.15) is 0 Å². The van der Waals surface area contributed by atoms with E-state index in [1.165, 1.54) is 0 Å². The summed E-state index contributed by atoms with van der Waals surface area (Å²) in [6.45, 7) is 4.99. The molecule has 1 aromatic heterocycles. The van der Waals surface area contributed by atoms with E-state index in [0.717, 1.165) is 24.3 Å². The van der Waals surface area contributed by atoms with Crippen LogP contribution in [0.4, 0.5) is 5.95 Å². The second-order valence-electron chi connectivity index (χ2n) is 3.92. The van der Waals surface area contributed by atoms with Gasteiger partial charge < -0.3 is 9.64 Å². The molecule has 4 nitrogen and oxygen atoms in total. The maximum Gasteiger partial charge on any atom is 0.227 e. The van der Waals surface area contributed by atoms with Crippen LogP contribution in [0.5, 0.6) is 0 Å². The summed E-state index contributed by atoms with van der Waals surface area (Å²) in [6, 6.07) is 0. The summed E-state index contributed by atoms with van der Waals surface area (Å²) in [4.78, 5) is 10.9. The predicted molar refractivity (Wildman–Crippen MR) is 69.2 cm³/mol. The van der Waals surface area contributed by atoms with Gasteiger partial charge in [-0.1, -0.05) is 11.6 Å². The molecule has 0 amide bonds. The molecule has 1 aliphatic heterocycles. The van der Waals surface area contributed by atoms with Crippen LogP contribution in [0.2, 0.25) is 5.15 Å². The summed E-state index contributed by atoms with van der Waals surface area (Å²) in [6.07, 6.45) is 0.704. The van der Waals surface area contributed by atoms with Crippen LogP contribution >= 0.6 is 23.2 Å². The van der Waals surface area contributed by atoms with Crippen molar-refractivity contribution < 1.29 is 4.74 Å². The first-order chi connectivity index (χ1) is 8.22. The molecule has 0 saturated carbocycles. The number of alkyl halides is 1. The normalized spacial score (nSPS) is 16.3. The fraction of sp³-hybridized carbons (Fsp3) is 0.636. The Bertz CT molecular complexity index is 371. The molecule has 0 atom stereocenters. The van der Waals surface area contributed by atoms with Crippen LogP contribution in [0, 0.1) is 6.92 Å². The largest absolute Gasteiger partial charge is 0.378 e. The first-order valence-electron chi connectivity index (χ1n) is 5.64. The average molecular weight is 276 g/mol. The minimum absolute atomic E-state index is 0.514. The highest BCUT2D eigenvalue weighted by Gasteiger charge is 2.17. The van der Waals surface area contributed by atoms with Crippen LogP contribution in [0.1, 0.15) is 11.3 Å². The summed E-state index contributed by atoms with van der Waals surface area (Å²) < 4.78 is 5.30. The van der Waals surface area contributed by atoms with E-state index in [-0.39, 0.29) is 0 Å². The molecule has 0 bridgehead atoms. The fourth-order valence-corrected chi connectivity index (χ4v) is 2.33. The van der Waals surface area contributed by atoms with E-state index < -0.39 is 0 Å². The third kappa shape index (κ3) is 3.00. The summed E-state index contributed by atoms with van der Waals surface area (Å²) in [5.74, 6) is 1.22. The molecule has 0 radical (unpaired) electrons. The van der Waals surface area contributed by atoms with E-state index in [1.807, 2.05) is 6.92 Å². The molecule has 6 heteroatoms. The number of rotatable bonds is 3. The minimum Gasteiger partial charge on any atom is -0.378 e. The predicted octanol–water partition coefficient (Wildman–Crippen LogP) is 2.06. The Hall–Kier alpha value is -0.580. The van der Waals surface area contributed by atoms with Crippen molar-refractivity contribution in [3.05, 3.63) is 16.4 Å². The van der Waals surface area contributed by atoms with Crippen molar-refractivity contribution in [1.29, 1.82) is 0 Å². The first-order valence-corrected chi connectivity index (χ1v) is 6.55. The molecule has 1 aliphatic rings. The molecular formula is C11H15Cl2N3O. The summed E-state index contributed by atoms with van der Waals surface area (Å²) in [7, 11) is 0. The van der Waals surface area contributed by atoms with Gasteiger partial charge in [0.25, 0.3) is 0 Å². The van der Waals surface area contributed by atoms with Crippen LogP contribution in [0.3, 0.4) is 0 Å². The van der Waals surface area contributed by atoms with E-state index in [0.29, 0.717) is 36.6 Å². The lowest BCUT2D eigenvalue weighted by atomic mass is 10.2. The number of hydrogen-bond acceptors (Lipinski definition) is 4. The molecule has 0 aliphatic carbocycles. The molecule has 1 fully saturated rings. The first kappa shape index (κ1) is 12.9. The number of morpholine rings is 1. The molecular weight excluding hydrogens is 261 g/mol. The van der Waals surface area contributed by atoms with Crippen molar-refractivity contribution in [1.82, 2.24) is 9.97 Å². The Morgan fingerprint density at radius 3 is 2.59 bits per heavy atom. The summed E-state index contributed by atoms with van der Waals surface area (Å²) in [5, 5.41) is 0.514.